The summed E-state index contributed by atoms with van der Waals surface area (Å²) in [6.45, 7) is 1.03. The molecule has 0 saturated carbocycles. The SMILES string of the molecule is Clc1ccc(COc2ccccc2CNc2nn[nH]n2)cc1. The second-order valence-electron chi connectivity index (χ2n) is 4.61. The Bertz CT molecular complexity index is 715. The molecule has 6 nitrogen and oxygen atoms in total. The number of hydrogen-bond donors (Lipinski definition) is 2. The fourth-order valence-electron chi connectivity index (χ4n) is 1.94. The zero-order valence-corrected chi connectivity index (χ0v) is 12.4. The maximum Gasteiger partial charge on any atom is 0.263 e. The highest BCUT2D eigenvalue weighted by Gasteiger charge is 2.05. The van der Waals surface area contributed by atoms with Crippen molar-refractivity contribution in [3.8, 4) is 5.75 Å². The summed E-state index contributed by atoms with van der Waals surface area (Å²) in [6, 6.07) is 15.4. The molecule has 2 N–H and O–H groups in total. The Kier molecular flexibility index (Phi) is 4.50. The predicted molar refractivity (Wildman–Crippen MR) is 83.7 cm³/mol. The fraction of sp³-hybridized carbons (Fsp3) is 0.133. The van der Waals surface area contributed by atoms with Crippen LogP contribution in [0.1, 0.15) is 11.1 Å². The standard InChI is InChI=1S/C15H14ClN5O/c16-13-7-5-11(6-8-13)10-22-14-4-2-1-3-12(14)9-17-15-18-20-21-19-15/h1-8H,9-10H2,(H2,17,18,19,20,21). The van der Waals surface area contributed by atoms with Crippen LogP contribution in [0.4, 0.5) is 5.95 Å². The molecule has 0 aliphatic heterocycles. The highest BCUT2D eigenvalue weighted by molar-refractivity contribution is 6.30. The molecule has 3 aromatic rings. The molecular weight excluding hydrogens is 302 g/mol. The number of benzene rings is 2. The third kappa shape index (κ3) is 3.73. The van der Waals surface area contributed by atoms with Crippen molar-refractivity contribution in [2.45, 2.75) is 13.2 Å². The Labute approximate surface area is 132 Å². The van der Waals surface area contributed by atoms with E-state index in [1.807, 2.05) is 48.5 Å². The van der Waals surface area contributed by atoms with Crippen molar-refractivity contribution in [2.24, 2.45) is 0 Å². The molecule has 1 heterocycles. The molecule has 22 heavy (non-hydrogen) atoms. The van der Waals surface area contributed by atoms with E-state index in [-0.39, 0.29) is 0 Å². The van der Waals surface area contributed by atoms with E-state index in [1.165, 1.54) is 0 Å². The molecule has 3 rings (SSSR count). The van der Waals surface area contributed by atoms with Crippen molar-refractivity contribution in [3.63, 3.8) is 0 Å². The Morgan fingerprint density at radius 1 is 1.09 bits per heavy atom. The van der Waals surface area contributed by atoms with Crippen molar-refractivity contribution < 1.29 is 4.74 Å². The van der Waals surface area contributed by atoms with Crippen LogP contribution < -0.4 is 10.1 Å². The van der Waals surface area contributed by atoms with Gasteiger partial charge in [0, 0.05) is 17.1 Å². The summed E-state index contributed by atoms with van der Waals surface area (Å²) < 4.78 is 5.89. The largest absolute Gasteiger partial charge is 0.489 e. The lowest BCUT2D eigenvalue weighted by atomic mass is 10.2. The van der Waals surface area contributed by atoms with Crippen molar-refractivity contribution in [2.75, 3.05) is 5.32 Å². The van der Waals surface area contributed by atoms with Crippen molar-refractivity contribution in [3.05, 3.63) is 64.7 Å². The molecule has 0 spiro atoms. The maximum atomic E-state index is 5.89. The summed E-state index contributed by atoms with van der Waals surface area (Å²) in [5.41, 5.74) is 2.08. The van der Waals surface area contributed by atoms with E-state index >= 15 is 0 Å². The van der Waals surface area contributed by atoms with Gasteiger partial charge in [0.15, 0.2) is 0 Å². The Balaban J connectivity index is 1.64. The molecule has 1 aromatic heterocycles. The van der Waals surface area contributed by atoms with Crippen LogP contribution in [0.25, 0.3) is 0 Å². The summed E-state index contributed by atoms with van der Waals surface area (Å²) in [7, 11) is 0. The highest BCUT2D eigenvalue weighted by Crippen LogP contribution is 2.20. The number of rotatable bonds is 6. The van der Waals surface area contributed by atoms with Gasteiger partial charge in [0.05, 0.1) is 0 Å². The van der Waals surface area contributed by atoms with Crippen LogP contribution in [-0.2, 0) is 13.2 Å². The van der Waals surface area contributed by atoms with E-state index in [0.29, 0.717) is 24.1 Å². The molecule has 2 aromatic carbocycles. The Morgan fingerprint density at radius 2 is 1.91 bits per heavy atom. The van der Waals surface area contributed by atoms with E-state index in [9.17, 15) is 0 Å². The first kappa shape index (κ1) is 14.3. The minimum absolute atomic E-state index is 0.451. The minimum Gasteiger partial charge on any atom is -0.489 e. The van der Waals surface area contributed by atoms with Gasteiger partial charge in [0.2, 0.25) is 0 Å². The molecule has 7 heteroatoms. The number of H-pyrrole nitrogens is 1. The van der Waals surface area contributed by atoms with Gasteiger partial charge in [-0.1, -0.05) is 47.0 Å². The molecule has 0 aliphatic carbocycles. The molecule has 0 atom stereocenters. The molecule has 0 bridgehead atoms. The lowest BCUT2D eigenvalue weighted by Gasteiger charge is -2.11. The second kappa shape index (κ2) is 6.91. The van der Waals surface area contributed by atoms with Gasteiger partial charge in [-0.3, -0.25) is 0 Å². The lowest BCUT2D eigenvalue weighted by molar-refractivity contribution is 0.303. The van der Waals surface area contributed by atoms with Crippen LogP contribution in [-0.4, -0.2) is 20.6 Å². The lowest BCUT2D eigenvalue weighted by Crippen LogP contribution is -2.04. The molecule has 0 fully saturated rings. The van der Waals surface area contributed by atoms with Gasteiger partial charge in [-0.15, -0.1) is 5.10 Å². The summed E-state index contributed by atoms with van der Waals surface area (Å²) >= 11 is 5.88. The van der Waals surface area contributed by atoms with Gasteiger partial charge in [0.1, 0.15) is 12.4 Å². The number of tetrazole rings is 1. The van der Waals surface area contributed by atoms with Gasteiger partial charge in [-0.2, -0.15) is 5.21 Å². The molecule has 0 amide bonds. The molecule has 0 aliphatic rings. The first-order valence-corrected chi connectivity index (χ1v) is 7.11. The van der Waals surface area contributed by atoms with E-state index in [0.717, 1.165) is 16.9 Å². The first-order valence-electron chi connectivity index (χ1n) is 6.74. The van der Waals surface area contributed by atoms with Gasteiger partial charge in [-0.05, 0) is 29.0 Å². The maximum absolute atomic E-state index is 5.89. The molecule has 0 unspecified atom stereocenters. The zero-order valence-electron chi connectivity index (χ0n) is 11.7. The summed E-state index contributed by atoms with van der Waals surface area (Å²) in [5.74, 6) is 1.26. The van der Waals surface area contributed by atoms with Crippen LogP contribution >= 0.6 is 11.6 Å². The van der Waals surface area contributed by atoms with E-state index < -0.39 is 0 Å². The van der Waals surface area contributed by atoms with Crippen molar-refractivity contribution >= 4 is 17.5 Å². The molecule has 0 saturated heterocycles. The topological polar surface area (TPSA) is 75.7 Å². The smallest absolute Gasteiger partial charge is 0.263 e. The zero-order chi connectivity index (χ0) is 15.2. The number of nitrogens with zero attached hydrogens (tertiary/aromatic N) is 3. The van der Waals surface area contributed by atoms with Gasteiger partial charge in [-0.25, -0.2) is 0 Å². The van der Waals surface area contributed by atoms with E-state index in [2.05, 4.69) is 25.9 Å². The first-order chi connectivity index (χ1) is 10.8. The second-order valence-corrected chi connectivity index (χ2v) is 5.05. The number of halogens is 1. The van der Waals surface area contributed by atoms with Crippen molar-refractivity contribution in [1.29, 1.82) is 0 Å². The number of ether oxygens (including phenoxy) is 1. The van der Waals surface area contributed by atoms with E-state index in [1.54, 1.807) is 0 Å². The van der Waals surface area contributed by atoms with Crippen LogP contribution in [0.2, 0.25) is 5.02 Å². The number of aromatic nitrogens is 4. The normalized spacial score (nSPS) is 10.4. The van der Waals surface area contributed by atoms with E-state index in [4.69, 9.17) is 16.3 Å². The number of anilines is 1. The van der Waals surface area contributed by atoms with Crippen LogP contribution in [0.15, 0.2) is 48.5 Å². The number of para-hydroxylation sites is 1. The average Bonchev–Trinajstić information content (AvgIpc) is 3.07. The molecular formula is C15H14ClN5O. The van der Waals surface area contributed by atoms with Crippen molar-refractivity contribution in [1.82, 2.24) is 20.6 Å². The number of nitrogens with one attached hydrogen (secondary N) is 2. The third-order valence-electron chi connectivity index (χ3n) is 3.06. The van der Waals surface area contributed by atoms with Gasteiger partial charge >= 0.3 is 0 Å². The molecule has 0 radical (unpaired) electrons. The summed E-state index contributed by atoms with van der Waals surface area (Å²) in [4.78, 5) is 0. The number of hydrogen-bond acceptors (Lipinski definition) is 5. The Hall–Kier alpha value is -2.60. The third-order valence-corrected chi connectivity index (χ3v) is 3.31. The monoisotopic (exact) mass is 315 g/mol. The number of aromatic amines is 1. The predicted octanol–water partition coefficient (Wildman–Crippen LogP) is 3.04. The van der Waals surface area contributed by atoms with Gasteiger partial charge < -0.3 is 10.1 Å². The van der Waals surface area contributed by atoms with Crippen LogP contribution in [0.3, 0.4) is 0 Å². The summed E-state index contributed by atoms with van der Waals surface area (Å²) in [5, 5.41) is 17.4. The fourth-order valence-corrected chi connectivity index (χ4v) is 2.07. The van der Waals surface area contributed by atoms with Crippen LogP contribution in [0, 0.1) is 0 Å². The molecule has 112 valence electrons. The highest BCUT2D eigenvalue weighted by atomic mass is 35.5. The summed E-state index contributed by atoms with van der Waals surface area (Å²) in [6.07, 6.45) is 0. The quantitative estimate of drug-likeness (QED) is 0.731. The Morgan fingerprint density at radius 3 is 2.68 bits per heavy atom. The average molecular weight is 316 g/mol. The van der Waals surface area contributed by atoms with Crippen LogP contribution in [0.5, 0.6) is 5.75 Å². The minimum atomic E-state index is 0.451. The van der Waals surface area contributed by atoms with Gasteiger partial charge in [0.25, 0.3) is 5.95 Å².